The van der Waals surface area contributed by atoms with Crippen LogP contribution in [0.4, 0.5) is 0 Å². The molecule has 0 aliphatic rings. The van der Waals surface area contributed by atoms with E-state index in [-0.39, 0.29) is 11.6 Å². The number of fused-ring (bicyclic) bond motifs is 1. The molecule has 6 heteroatoms. The Morgan fingerprint density at radius 1 is 1.47 bits per heavy atom. The van der Waals surface area contributed by atoms with E-state index in [1.54, 1.807) is 4.52 Å². The van der Waals surface area contributed by atoms with E-state index in [2.05, 4.69) is 15.1 Å². The highest BCUT2D eigenvalue weighted by molar-refractivity contribution is 5.85. The van der Waals surface area contributed by atoms with E-state index in [4.69, 9.17) is 5.11 Å². The Morgan fingerprint density at radius 2 is 2.18 bits per heavy atom. The van der Waals surface area contributed by atoms with E-state index >= 15 is 0 Å². The molecule has 0 spiro atoms. The maximum absolute atomic E-state index is 10.9. The quantitative estimate of drug-likeness (QED) is 0.870. The molecule has 0 saturated carbocycles. The van der Waals surface area contributed by atoms with Crippen LogP contribution in [-0.4, -0.2) is 30.7 Å². The number of hydrogen-bond donors (Lipinski definition) is 1. The molecule has 2 aromatic rings. The Labute approximate surface area is 98.3 Å². The predicted molar refractivity (Wildman–Crippen MR) is 61.2 cm³/mol. The zero-order valence-corrected chi connectivity index (χ0v) is 10.0. The summed E-state index contributed by atoms with van der Waals surface area (Å²) >= 11 is 0. The van der Waals surface area contributed by atoms with Gasteiger partial charge in [-0.25, -0.2) is 14.3 Å². The summed E-state index contributed by atoms with van der Waals surface area (Å²) in [6.07, 6.45) is 0.681. The fraction of sp³-hybridized carbons (Fsp3) is 0.455. The molecule has 2 rings (SSSR count). The van der Waals surface area contributed by atoms with Crippen LogP contribution in [0.2, 0.25) is 0 Å². The predicted octanol–water partition coefficient (Wildman–Crippen LogP) is 1.51. The molecule has 0 amide bonds. The van der Waals surface area contributed by atoms with Crippen LogP contribution in [-0.2, 0) is 6.42 Å². The molecule has 2 heterocycles. The molecule has 0 aliphatic carbocycles. The van der Waals surface area contributed by atoms with E-state index in [0.29, 0.717) is 18.0 Å². The minimum Gasteiger partial charge on any atom is -0.477 e. The van der Waals surface area contributed by atoms with Crippen molar-refractivity contribution in [2.45, 2.75) is 33.1 Å². The fourth-order valence-corrected chi connectivity index (χ4v) is 1.55. The van der Waals surface area contributed by atoms with Gasteiger partial charge >= 0.3 is 5.97 Å². The molecule has 6 nitrogen and oxygen atoms in total. The van der Waals surface area contributed by atoms with E-state index in [1.807, 2.05) is 20.8 Å². The first-order chi connectivity index (χ1) is 8.02. The van der Waals surface area contributed by atoms with Gasteiger partial charge in [0.15, 0.2) is 11.5 Å². The summed E-state index contributed by atoms with van der Waals surface area (Å²) in [7, 11) is 0. The van der Waals surface area contributed by atoms with Crippen LogP contribution in [0.5, 0.6) is 0 Å². The highest BCUT2D eigenvalue weighted by atomic mass is 16.4. The van der Waals surface area contributed by atoms with Crippen LogP contribution >= 0.6 is 0 Å². The summed E-state index contributed by atoms with van der Waals surface area (Å²) < 4.78 is 1.61. The van der Waals surface area contributed by atoms with E-state index < -0.39 is 5.97 Å². The van der Waals surface area contributed by atoms with E-state index in [9.17, 15) is 4.79 Å². The number of hydrogen-bond acceptors (Lipinski definition) is 4. The second kappa shape index (κ2) is 4.12. The lowest BCUT2D eigenvalue weighted by atomic mass is 10.2. The van der Waals surface area contributed by atoms with Gasteiger partial charge in [0.05, 0.1) is 0 Å². The number of carboxylic acid groups (broad SMARTS) is 1. The van der Waals surface area contributed by atoms with Crippen LogP contribution < -0.4 is 0 Å². The van der Waals surface area contributed by atoms with Gasteiger partial charge in [-0.1, -0.05) is 20.8 Å². The minimum absolute atomic E-state index is 0.0112. The number of aromatic nitrogens is 4. The molecule has 0 aliphatic heterocycles. The van der Waals surface area contributed by atoms with Gasteiger partial charge in [0, 0.05) is 11.6 Å². The van der Waals surface area contributed by atoms with Gasteiger partial charge in [-0.2, -0.15) is 4.98 Å². The lowest BCUT2D eigenvalue weighted by molar-refractivity contribution is 0.0690. The van der Waals surface area contributed by atoms with Gasteiger partial charge in [-0.05, 0) is 12.5 Å². The molecular weight excluding hydrogens is 220 g/mol. The second-order valence-corrected chi connectivity index (χ2v) is 4.13. The van der Waals surface area contributed by atoms with Gasteiger partial charge in [-0.15, -0.1) is 5.10 Å². The third-order valence-electron chi connectivity index (χ3n) is 2.50. The summed E-state index contributed by atoms with van der Waals surface area (Å²) in [4.78, 5) is 19.2. The molecular formula is C11H14N4O2. The largest absolute Gasteiger partial charge is 0.477 e. The summed E-state index contributed by atoms with van der Waals surface area (Å²) in [6, 6.07) is 1.54. The van der Waals surface area contributed by atoms with Crippen LogP contribution in [0.15, 0.2) is 6.07 Å². The molecule has 0 radical (unpaired) electrons. The van der Waals surface area contributed by atoms with Crippen molar-refractivity contribution in [1.29, 1.82) is 0 Å². The van der Waals surface area contributed by atoms with Crippen LogP contribution in [0.25, 0.3) is 5.78 Å². The molecule has 2 aromatic heterocycles. The number of aromatic carboxylic acids is 1. The van der Waals surface area contributed by atoms with Crippen molar-refractivity contribution in [1.82, 2.24) is 19.6 Å². The van der Waals surface area contributed by atoms with Gasteiger partial charge in [0.1, 0.15) is 0 Å². The topological polar surface area (TPSA) is 80.4 Å². The Balaban J connectivity index is 2.69. The average Bonchev–Trinajstić information content (AvgIpc) is 2.71. The van der Waals surface area contributed by atoms with Crippen molar-refractivity contribution in [3.8, 4) is 0 Å². The fourth-order valence-electron chi connectivity index (χ4n) is 1.55. The summed E-state index contributed by atoms with van der Waals surface area (Å²) in [5.74, 6) is 0.172. The lowest BCUT2D eigenvalue weighted by Crippen LogP contribution is -2.07. The SMILES string of the molecule is CCc1cc(C(=O)O)nc2nc(C(C)C)nn12. The van der Waals surface area contributed by atoms with Gasteiger partial charge in [0.25, 0.3) is 5.78 Å². The highest BCUT2D eigenvalue weighted by Crippen LogP contribution is 2.13. The standard InChI is InChI=1S/C11H14N4O2/c1-4-7-5-8(10(16)17)12-11-13-9(6(2)3)14-15(7)11/h5-6H,4H2,1-3H3,(H,16,17). The van der Waals surface area contributed by atoms with Crippen molar-refractivity contribution >= 4 is 11.7 Å². The Hall–Kier alpha value is -1.98. The third-order valence-corrected chi connectivity index (χ3v) is 2.50. The lowest BCUT2D eigenvalue weighted by Gasteiger charge is -2.01. The molecule has 1 N–H and O–H groups in total. The molecule has 0 unspecified atom stereocenters. The molecule has 17 heavy (non-hydrogen) atoms. The number of rotatable bonds is 3. The summed E-state index contributed by atoms with van der Waals surface area (Å²) in [6.45, 7) is 5.91. The number of carbonyl (C=O) groups is 1. The monoisotopic (exact) mass is 234 g/mol. The Bertz CT molecular complexity index is 574. The molecule has 0 bridgehead atoms. The molecule has 0 aromatic carbocycles. The normalized spacial score (nSPS) is 11.3. The first kappa shape index (κ1) is 11.5. The average molecular weight is 234 g/mol. The van der Waals surface area contributed by atoms with Crippen molar-refractivity contribution in [3.05, 3.63) is 23.3 Å². The number of nitrogens with zero attached hydrogens (tertiary/aromatic N) is 4. The van der Waals surface area contributed by atoms with Crippen molar-refractivity contribution < 1.29 is 9.90 Å². The van der Waals surface area contributed by atoms with E-state index in [1.165, 1.54) is 6.07 Å². The molecule has 0 saturated heterocycles. The smallest absolute Gasteiger partial charge is 0.354 e. The number of carboxylic acids is 1. The Kier molecular flexibility index (Phi) is 2.79. The van der Waals surface area contributed by atoms with Gasteiger partial charge < -0.3 is 5.11 Å². The maximum atomic E-state index is 10.9. The number of aryl methyl sites for hydroxylation is 1. The first-order valence-corrected chi connectivity index (χ1v) is 5.52. The van der Waals surface area contributed by atoms with Crippen LogP contribution in [0, 0.1) is 0 Å². The maximum Gasteiger partial charge on any atom is 0.354 e. The van der Waals surface area contributed by atoms with Gasteiger partial charge in [-0.3, -0.25) is 0 Å². The van der Waals surface area contributed by atoms with Crippen molar-refractivity contribution in [2.75, 3.05) is 0 Å². The Morgan fingerprint density at radius 3 is 2.71 bits per heavy atom. The third kappa shape index (κ3) is 1.98. The molecule has 0 atom stereocenters. The van der Waals surface area contributed by atoms with Crippen LogP contribution in [0.3, 0.4) is 0 Å². The van der Waals surface area contributed by atoms with Crippen molar-refractivity contribution in [3.63, 3.8) is 0 Å². The first-order valence-electron chi connectivity index (χ1n) is 5.52. The highest BCUT2D eigenvalue weighted by Gasteiger charge is 2.14. The second-order valence-electron chi connectivity index (χ2n) is 4.13. The van der Waals surface area contributed by atoms with E-state index in [0.717, 1.165) is 5.69 Å². The summed E-state index contributed by atoms with van der Waals surface area (Å²) in [5.41, 5.74) is 0.809. The summed E-state index contributed by atoms with van der Waals surface area (Å²) in [5, 5.41) is 13.3. The van der Waals surface area contributed by atoms with Gasteiger partial charge in [0.2, 0.25) is 0 Å². The molecule has 0 fully saturated rings. The zero-order chi connectivity index (χ0) is 12.6. The molecule has 90 valence electrons. The minimum atomic E-state index is -1.05. The van der Waals surface area contributed by atoms with Crippen LogP contribution in [0.1, 0.15) is 48.7 Å². The zero-order valence-electron chi connectivity index (χ0n) is 10.0. The van der Waals surface area contributed by atoms with Crippen molar-refractivity contribution in [2.24, 2.45) is 0 Å².